The van der Waals surface area contributed by atoms with E-state index in [1.165, 1.54) is 16.7 Å². The lowest BCUT2D eigenvalue weighted by molar-refractivity contribution is 1.28. The molecule has 4 aromatic carbocycles. The molecule has 0 unspecified atom stereocenters. The van der Waals surface area contributed by atoms with Gasteiger partial charge in [-0.3, -0.25) is 0 Å². The van der Waals surface area contributed by atoms with Crippen LogP contribution in [0, 0.1) is 6.92 Å². The first-order chi connectivity index (χ1) is 13.2. The fourth-order valence-corrected chi connectivity index (χ4v) is 3.84. The third-order valence-corrected chi connectivity index (χ3v) is 5.08. The minimum atomic E-state index is 1.06. The van der Waals surface area contributed by atoms with Crippen molar-refractivity contribution in [2.45, 2.75) is 6.92 Å². The summed E-state index contributed by atoms with van der Waals surface area (Å²) in [6, 6.07) is 36.1. The minimum Gasteiger partial charge on any atom is -0.310 e. The smallest absolute Gasteiger partial charge is 0.0479 e. The van der Waals surface area contributed by atoms with Gasteiger partial charge in [-0.25, -0.2) is 0 Å². The van der Waals surface area contributed by atoms with E-state index in [0.717, 1.165) is 21.5 Å². The van der Waals surface area contributed by atoms with Crippen molar-refractivity contribution in [3.63, 3.8) is 0 Å². The molecule has 0 amide bonds. The van der Waals surface area contributed by atoms with Crippen LogP contribution in [0.2, 0.25) is 0 Å². The van der Waals surface area contributed by atoms with Gasteiger partial charge in [-0.05, 0) is 66.1 Å². The number of para-hydroxylation sites is 2. The van der Waals surface area contributed by atoms with Gasteiger partial charge in [0, 0.05) is 21.5 Å². The van der Waals surface area contributed by atoms with Crippen LogP contribution in [0.5, 0.6) is 0 Å². The zero-order valence-electron chi connectivity index (χ0n) is 15.1. The highest BCUT2D eigenvalue weighted by Crippen LogP contribution is 2.38. The topological polar surface area (TPSA) is 3.24 Å². The van der Waals surface area contributed by atoms with Crippen LogP contribution < -0.4 is 4.90 Å². The SMILES string of the molecule is Cc1ccccc1-c1cc(Br)cc(N(c2ccccc2)c2ccccc2)c1. The Bertz CT molecular complexity index is 1000. The Balaban J connectivity index is 1.90. The molecule has 27 heavy (non-hydrogen) atoms. The fourth-order valence-electron chi connectivity index (χ4n) is 3.36. The Morgan fingerprint density at radius 3 is 1.74 bits per heavy atom. The maximum Gasteiger partial charge on any atom is 0.0479 e. The monoisotopic (exact) mass is 413 g/mol. The number of benzene rings is 4. The molecule has 0 fully saturated rings. The molecule has 0 aliphatic rings. The second kappa shape index (κ2) is 7.81. The molecule has 0 N–H and O–H groups in total. The maximum absolute atomic E-state index is 3.72. The molecular formula is C25H20BrN. The van der Waals surface area contributed by atoms with Crippen molar-refractivity contribution >= 4 is 33.0 Å². The van der Waals surface area contributed by atoms with Gasteiger partial charge in [0.2, 0.25) is 0 Å². The number of hydrogen-bond donors (Lipinski definition) is 0. The molecule has 4 rings (SSSR count). The number of hydrogen-bond acceptors (Lipinski definition) is 1. The lowest BCUT2D eigenvalue weighted by Gasteiger charge is -2.26. The molecule has 0 atom stereocenters. The van der Waals surface area contributed by atoms with Crippen LogP contribution in [0.15, 0.2) is 108 Å². The zero-order chi connectivity index (χ0) is 18.6. The molecular weight excluding hydrogens is 394 g/mol. The van der Waals surface area contributed by atoms with Crippen molar-refractivity contribution in [1.82, 2.24) is 0 Å². The second-order valence-electron chi connectivity index (χ2n) is 6.52. The number of nitrogens with zero attached hydrogens (tertiary/aromatic N) is 1. The van der Waals surface area contributed by atoms with E-state index in [2.05, 4.69) is 119 Å². The molecule has 0 aliphatic heterocycles. The van der Waals surface area contributed by atoms with Crippen LogP contribution in [0.4, 0.5) is 17.1 Å². The number of rotatable bonds is 4. The quantitative estimate of drug-likeness (QED) is 0.328. The molecule has 0 bridgehead atoms. The average Bonchev–Trinajstić information content (AvgIpc) is 2.70. The van der Waals surface area contributed by atoms with Crippen LogP contribution in [-0.4, -0.2) is 0 Å². The molecule has 132 valence electrons. The van der Waals surface area contributed by atoms with E-state index in [4.69, 9.17) is 0 Å². The molecule has 0 radical (unpaired) electrons. The highest BCUT2D eigenvalue weighted by Gasteiger charge is 2.14. The molecule has 0 aromatic heterocycles. The summed E-state index contributed by atoms with van der Waals surface area (Å²) in [5.41, 5.74) is 7.12. The van der Waals surface area contributed by atoms with Gasteiger partial charge in [0.25, 0.3) is 0 Å². The highest BCUT2D eigenvalue weighted by molar-refractivity contribution is 9.10. The summed E-state index contributed by atoms with van der Waals surface area (Å²) in [6.45, 7) is 2.15. The minimum absolute atomic E-state index is 1.06. The van der Waals surface area contributed by atoms with E-state index in [9.17, 15) is 0 Å². The Kier molecular flexibility index (Phi) is 5.08. The number of halogens is 1. The largest absolute Gasteiger partial charge is 0.310 e. The van der Waals surface area contributed by atoms with E-state index in [1.807, 2.05) is 12.1 Å². The summed E-state index contributed by atoms with van der Waals surface area (Å²) in [5, 5.41) is 0. The third kappa shape index (κ3) is 3.81. The van der Waals surface area contributed by atoms with Crippen molar-refractivity contribution in [2.75, 3.05) is 4.90 Å². The molecule has 4 aromatic rings. The van der Waals surface area contributed by atoms with E-state index in [1.54, 1.807) is 0 Å². The van der Waals surface area contributed by atoms with Crippen LogP contribution in [0.3, 0.4) is 0 Å². The highest BCUT2D eigenvalue weighted by atomic mass is 79.9. The first kappa shape index (κ1) is 17.6. The van der Waals surface area contributed by atoms with E-state index < -0.39 is 0 Å². The van der Waals surface area contributed by atoms with Crippen molar-refractivity contribution in [3.8, 4) is 11.1 Å². The lowest BCUT2D eigenvalue weighted by atomic mass is 10.00. The number of anilines is 3. The van der Waals surface area contributed by atoms with Crippen LogP contribution in [-0.2, 0) is 0 Å². The fraction of sp³-hybridized carbons (Fsp3) is 0.0400. The summed E-state index contributed by atoms with van der Waals surface area (Å²) < 4.78 is 1.06. The lowest BCUT2D eigenvalue weighted by Crippen LogP contribution is -2.09. The second-order valence-corrected chi connectivity index (χ2v) is 7.44. The van der Waals surface area contributed by atoms with Gasteiger partial charge >= 0.3 is 0 Å². The van der Waals surface area contributed by atoms with E-state index in [-0.39, 0.29) is 0 Å². The maximum atomic E-state index is 3.72. The van der Waals surface area contributed by atoms with Crippen molar-refractivity contribution < 1.29 is 0 Å². The first-order valence-electron chi connectivity index (χ1n) is 8.99. The molecule has 0 spiro atoms. The van der Waals surface area contributed by atoms with Crippen LogP contribution in [0.25, 0.3) is 11.1 Å². The molecule has 2 heteroatoms. The molecule has 0 saturated carbocycles. The summed E-state index contributed by atoms with van der Waals surface area (Å²) in [5.74, 6) is 0. The first-order valence-corrected chi connectivity index (χ1v) is 9.78. The molecule has 0 saturated heterocycles. The van der Waals surface area contributed by atoms with Crippen LogP contribution >= 0.6 is 15.9 Å². The molecule has 0 aliphatic carbocycles. The zero-order valence-corrected chi connectivity index (χ0v) is 16.7. The van der Waals surface area contributed by atoms with Gasteiger partial charge in [-0.2, -0.15) is 0 Å². The van der Waals surface area contributed by atoms with Crippen LogP contribution in [0.1, 0.15) is 5.56 Å². The van der Waals surface area contributed by atoms with Gasteiger partial charge in [-0.15, -0.1) is 0 Å². The number of aryl methyl sites for hydroxylation is 1. The Morgan fingerprint density at radius 1 is 0.593 bits per heavy atom. The van der Waals surface area contributed by atoms with E-state index >= 15 is 0 Å². The van der Waals surface area contributed by atoms with Gasteiger partial charge in [0.1, 0.15) is 0 Å². The predicted octanol–water partition coefficient (Wildman–Crippen LogP) is 7.89. The average molecular weight is 414 g/mol. The molecule has 0 heterocycles. The Labute approximate surface area is 169 Å². The third-order valence-electron chi connectivity index (χ3n) is 4.63. The van der Waals surface area contributed by atoms with Gasteiger partial charge in [-0.1, -0.05) is 76.6 Å². The van der Waals surface area contributed by atoms with Crippen molar-refractivity contribution in [1.29, 1.82) is 0 Å². The molecule has 1 nitrogen and oxygen atoms in total. The Hall–Kier alpha value is -2.84. The van der Waals surface area contributed by atoms with Crippen molar-refractivity contribution in [3.05, 3.63) is 113 Å². The van der Waals surface area contributed by atoms with Gasteiger partial charge in [0.15, 0.2) is 0 Å². The standard InChI is InChI=1S/C25H20BrN/c1-19-10-8-9-15-25(19)20-16-21(26)18-24(17-20)27(22-11-4-2-5-12-22)23-13-6-3-7-14-23/h2-18H,1H3. The van der Waals surface area contributed by atoms with E-state index in [0.29, 0.717) is 0 Å². The summed E-state index contributed by atoms with van der Waals surface area (Å²) in [6.07, 6.45) is 0. The normalized spacial score (nSPS) is 10.6. The van der Waals surface area contributed by atoms with Crippen molar-refractivity contribution in [2.24, 2.45) is 0 Å². The van der Waals surface area contributed by atoms with Gasteiger partial charge in [0.05, 0.1) is 0 Å². The summed E-state index contributed by atoms with van der Waals surface area (Å²) in [7, 11) is 0. The Morgan fingerprint density at radius 2 is 1.15 bits per heavy atom. The predicted molar refractivity (Wildman–Crippen MR) is 119 cm³/mol. The van der Waals surface area contributed by atoms with Gasteiger partial charge < -0.3 is 4.90 Å². The summed E-state index contributed by atoms with van der Waals surface area (Å²) >= 11 is 3.72. The summed E-state index contributed by atoms with van der Waals surface area (Å²) in [4.78, 5) is 2.28.